The van der Waals surface area contributed by atoms with E-state index in [9.17, 15) is 14.2 Å². The normalized spacial score (nSPS) is 10.6. The highest BCUT2D eigenvalue weighted by atomic mass is 31.1. The van der Waals surface area contributed by atoms with Crippen LogP contribution in [-0.4, -0.2) is 11.0 Å². The van der Waals surface area contributed by atoms with Gasteiger partial charge < -0.3 is 0 Å². The van der Waals surface area contributed by atoms with Gasteiger partial charge in [-0.15, -0.1) is 0 Å². The fourth-order valence-corrected chi connectivity index (χ4v) is 3.79. The zero-order chi connectivity index (χ0) is 18.2. The van der Waals surface area contributed by atoms with Crippen molar-refractivity contribution < 1.29 is 14.2 Å². The molecule has 0 saturated heterocycles. The molecule has 0 bridgehead atoms. The molecule has 0 fully saturated rings. The van der Waals surface area contributed by atoms with E-state index >= 15 is 0 Å². The van der Waals surface area contributed by atoms with Gasteiger partial charge in [-0.25, -0.2) is 9.59 Å². The van der Waals surface area contributed by atoms with Gasteiger partial charge in [0, 0.05) is 0 Å². The van der Waals surface area contributed by atoms with Gasteiger partial charge in [0.2, 0.25) is 0 Å². The molecule has 0 aliphatic heterocycles. The minimum Gasteiger partial charge on any atom is -0.234 e. The average Bonchev–Trinajstić information content (AvgIpc) is 2.56. The molecule has 0 aliphatic carbocycles. The van der Waals surface area contributed by atoms with Crippen molar-refractivity contribution in [2.24, 2.45) is 0 Å². The third-order valence-electron chi connectivity index (χ3n) is 4.95. The first kappa shape index (κ1) is 18.2. The van der Waals surface area contributed by atoms with E-state index in [0.29, 0.717) is 11.1 Å². The van der Waals surface area contributed by atoms with Gasteiger partial charge in [0.05, 0.1) is 11.1 Å². The fraction of sp³-hybridized carbons (Fsp3) is 0.300. The number of benzene rings is 2. The maximum Gasteiger partial charge on any atom is 0.501 e. The molecule has 124 valence electrons. The molecule has 2 rings (SSSR count). The lowest BCUT2D eigenvalue weighted by Crippen LogP contribution is -2.07. The molecule has 2 aromatic carbocycles. The Morgan fingerprint density at radius 2 is 0.958 bits per heavy atom. The maximum atomic E-state index is 12.6. The third kappa shape index (κ3) is 3.09. The van der Waals surface area contributed by atoms with Crippen molar-refractivity contribution in [3.8, 4) is 0 Å². The Hall–Kier alpha value is -2.12. The zero-order valence-electron chi connectivity index (χ0n) is 15.0. The second kappa shape index (κ2) is 6.78. The Morgan fingerprint density at radius 1 is 0.625 bits per heavy atom. The summed E-state index contributed by atoms with van der Waals surface area (Å²) in [6.45, 7) is 11.4. The summed E-state index contributed by atoms with van der Waals surface area (Å²) in [7, 11) is -2.66. The van der Waals surface area contributed by atoms with E-state index in [2.05, 4.69) is 0 Å². The molecular weight excluding hydrogens is 319 g/mol. The smallest absolute Gasteiger partial charge is 0.234 e. The summed E-state index contributed by atoms with van der Waals surface area (Å²) in [5.41, 5.74) is 5.23. The molecule has 0 unspecified atom stereocenters. The van der Waals surface area contributed by atoms with Crippen LogP contribution in [0.2, 0.25) is 0 Å². The van der Waals surface area contributed by atoms with Crippen LogP contribution in [0.15, 0.2) is 24.3 Å². The van der Waals surface area contributed by atoms with E-state index in [1.807, 2.05) is 53.7 Å². The van der Waals surface area contributed by atoms with Crippen molar-refractivity contribution in [3.05, 3.63) is 68.8 Å². The van der Waals surface area contributed by atoms with Crippen LogP contribution in [-0.2, 0) is 4.57 Å². The fourth-order valence-electron chi connectivity index (χ4n) is 2.69. The van der Waals surface area contributed by atoms with E-state index in [0.717, 1.165) is 33.4 Å². The first-order valence-corrected chi connectivity index (χ1v) is 9.12. The lowest BCUT2D eigenvalue weighted by molar-refractivity contribution is 0.104. The van der Waals surface area contributed by atoms with Crippen molar-refractivity contribution >= 4 is 18.8 Å². The van der Waals surface area contributed by atoms with Gasteiger partial charge in [-0.2, -0.15) is 0 Å². The van der Waals surface area contributed by atoms with Crippen molar-refractivity contribution in [1.82, 2.24) is 0 Å². The highest BCUT2D eigenvalue weighted by molar-refractivity contribution is 7.80. The summed E-state index contributed by atoms with van der Waals surface area (Å²) in [4.78, 5) is 25.2. The largest absolute Gasteiger partial charge is 0.501 e. The summed E-state index contributed by atoms with van der Waals surface area (Å²) < 4.78 is 12.6. The Kier molecular flexibility index (Phi) is 5.15. The van der Waals surface area contributed by atoms with Crippen LogP contribution in [0.3, 0.4) is 0 Å². The van der Waals surface area contributed by atoms with E-state index in [-0.39, 0.29) is 0 Å². The molecule has 0 heterocycles. The monoisotopic (exact) mass is 341 g/mol. The molecule has 0 amide bonds. The Labute approximate surface area is 143 Å². The lowest BCUT2D eigenvalue weighted by atomic mass is 9.99. The number of rotatable bonds is 4. The zero-order valence-corrected chi connectivity index (χ0v) is 15.9. The minimum atomic E-state index is -2.66. The number of hydrogen-bond acceptors (Lipinski definition) is 3. The lowest BCUT2D eigenvalue weighted by Gasteiger charge is -2.07. The van der Waals surface area contributed by atoms with Gasteiger partial charge in [0.25, 0.3) is 0 Å². The van der Waals surface area contributed by atoms with Crippen LogP contribution in [0, 0.1) is 41.5 Å². The molecule has 4 heteroatoms. The van der Waals surface area contributed by atoms with E-state index < -0.39 is 18.8 Å². The molecule has 0 saturated carbocycles. The number of carbonyl (C=O) groups is 2. The van der Waals surface area contributed by atoms with Gasteiger partial charge in [-0.1, -0.05) is 16.7 Å². The molecule has 0 aromatic heterocycles. The van der Waals surface area contributed by atoms with Gasteiger partial charge >= 0.3 is 18.8 Å². The molecule has 3 nitrogen and oxygen atoms in total. The van der Waals surface area contributed by atoms with Crippen molar-refractivity contribution in [2.45, 2.75) is 41.5 Å². The van der Waals surface area contributed by atoms with Gasteiger partial charge in [0.1, 0.15) is 0 Å². The number of hydrogen-bond donors (Lipinski definition) is 0. The highest BCUT2D eigenvalue weighted by Crippen LogP contribution is 2.35. The predicted octanol–water partition coefficient (Wildman–Crippen LogP) is 5.35. The van der Waals surface area contributed by atoms with E-state index in [4.69, 9.17) is 0 Å². The second-order valence-electron chi connectivity index (χ2n) is 6.26. The van der Waals surface area contributed by atoms with Crippen LogP contribution in [0.4, 0.5) is 0 Å². The van der Waals surface area contributed by atoms with Crippen LogP contribution < -0.4 is 0 Å². The molecular formula is C20H22O3P+. The standard InChI is InChI=1S/C20H22O3P/c1-11-7-9-17(15(5)13(11)3)19(21)24(23)20(22)18-10-8-12(2)14(4)16(18)6/h7-10H,1-6H3/q+1. The van der Waals surface area contributed by atoms with Gasteiger partial charge in [-0.05, 0) is 87.1 Å². The quantitative estimate of drug-likeness (QED) is 0.705. The molecule has 0 atom stereocenters. The molecule has 0 spiro atoms. The first-order valence-electron chi connectivity index (χ1n) is 7.86. The third-order valence-corrected chi connectivity index (χ3v) is 6.17. The first-order chi connectivity index (χ1) is 11.2. The summed E-state index contributed by atoms with van der Waals surface area (Å²) >= 11 is 0. The Morgan fingerprint density at radius 3 is 1.29 bits per heavy atom. The predicted molar refractivity (Wildman–Crippen MR) is 97.6 cm³/mol. The molecule has 0 radical (unpaired) electrons. The van der Waals surface area contributed by atoms with E-state index in [1.165, 1.54) is 0 Å². The topological polar surface area (TPSA) is 51.2 Å². The van der Waals surface area contributed by atoms with Gasteiger partial charge in [-0.3, -0.25) is 0 Å². The number of aryl methyl sites for hydroxylation is 2. The molecule has 2 aromatic rings. The van der Waals surface area contributed by atoms with E-state index in [1.54, 1.807) is 12.1 Å². The molecule has 0 N–H and O–H groups in total. The SMILES string of the molecule is Cc1ccc(C(=O)[P+](=O)C(=O)c2ccc(C)c(C)c2C)c(C)c1C. The summed E-state index contributed by atoms with van der Waals surface area (Å²) in [5, 5.41) is 0. The van der Waals surface area contributed by atoms with Gasteiger partial charge in [0.15, 0.2) is 0 Å². The molecule has 24 heavy (non-hydrogen) atoms. The van der Waals surface area contributed by atoms with Crippen molar-refractivity contribution in [1.29, 1.82) is 0 Å². The van der Waals surface area contributed by atoms with Crippen molar-refractivity contribution in [2.75, 3.05) is 0 Å². The Balaban J connectivity index is 2.42. The van der Waals surface area contributed by atoms with Crippen LogP contribution >= 0.6 is 7.80 Å². The average molecular weight is 341 g/mol. The summed E-state index contributed by atoms with van der Waals surface area (Å²) in [5.74, 6) is 0. The summed E-state index contributed by atoms with van der Waals surface area (Å²) in [6, 6.07) is 6.97. The van der Waals surface area contributed by atoms with Crippen LogP contribution in [0.25, 0.3) is 0 Å². The Bertz CT molecular complexity index is 807. The number of carbonyl (C=O) groups excluding carboxylic acids is 2. The van der Waals surface area contributed by atoms with Crippen molar-refractivity contribution in [3.63, 3.8) is 0 Å². The van der Waals surface area contributed by atoms with Crippen LogP contribution in [0.5, 0.6) is 0 Å². The second-order valence-corrected chi connectivity index (χ2v) is 7.67. The van der Waals surface area contributed by atoms with Crippen LogP contribution in [0.1, 0.15) is 54.1 Å². The highest BCUT2D eigenvalue weighted by Gasteiger charge is 2.41. The summed E-state index contributed by atoms with van der Waals surface area (Å²) in [6.07, 6.45) is 0. The maximum absolute atomic E-state index is 12.6. The molecule has 0 aliphatic rings. The minimum absolute atomic E-state index is 0.369.